The number of carbonyl (C=O) groups excluding carboxylic acids is 1. The molecule has 0 aliphatic rings. The lowest BCUT2D eigenvalue weighted by Gasteiger charge is -2.01. The van der Waals surface area contributed by atoms with E-state index in [4.69, 9.17) is 5.73 Å². The van der Waals surface area contributed by atoms with Gasteiger partial charge in [-0.2, -0.15) is 0 Å². The van der Waals surface area contributed by atoms with Gasteiger partial charge in [-0.15, -0.1) is 0 Å². The third-order valence-electron chi connectivity index (χ3n) is 1.55. The van der Waals surface area contributed by atoms with Gasteiger partial charge in [0.25, 0.3) is 0 Å². The normalized spacial score (nSPS) is 11.1. The van der Waals surface area contributed by atoms with Crippen LogP contribution in [0, 0.1) is 0 Å². The molecule has 1 rings (SSSR count). The van der Waals surface area contributed by atoms with Crippen molar-refractivity contribution in [1.29, 1.82) is 0 Å². The molecule has 0 spiro atoms. The fraction of sp³-hybridized carbons (Fsp3) is 0.111. The standard InChI is InChI=1S/C9H12N3OP/c10-8(5-12-6-9(13)14)7-1-3-11-4-2-7/h1-5,12H,6,10,14H2/b8-5-. The third kappa shape index (κ3) is 3.54. The highest BCUT2D eigenvalue weighted by Gasteiger charge is 1.94. The summed E-state index contributed by atoms with van der Waals surface area (Å²) in [5, 5.41) is 2.81. The second-order valence-electron chi connectivity index (χ2n) is 2.68. The number of nitrogens with zero attached hydrogens (tertiary/aromatic N) is 1. The molecule has 1 aromatic heterocycles. The quantitative estimate of drug-likeness (QED) is 0.701. The van der Waals surface area contributed by atoms with Crippen LogP contribution in [0.1, 0.15) is 5.56 Å². The molecule has 1 unspecified atom stereocenters. The Bertz CT molecular complexity index is 337. The zero-order valence-corrected chi connectivity index (χ0v) is 8.76. The van der Waals surface area contributed by atoms with Gasteiger partial charge in [0.05, 0.1) is 12.2 Å². The molecular weight excluding hydrogens is 197 g/mol. The monoisotopic (exact) mass is 209 g/mol. The summed E-state index contributed by atoms with van der Waals surface area (Å²) in [5.41, 5.74) is 7.18. The maximum Gasteiger partial charge on any atom is 0.167 e. The molecule has 4 nitrogen and oxygen atoms in total. The molecule has 0 saturated heterocycles. The van der Waals surface area contributed by atoms with E-state index >= 15 is 0 Å². The van der Waals surface area contributed by atoms with Gasteiger partial charge in [-0.05, 0) is 12.1 Å². The molecule has 0 amide bonds. The first-order valence-corrected chi connectivity index (χ1v) is 4.65. The number of hydrogen-bond acceptors (Lipinski definition) is 4. The van der Waals surface area contributed by atoms with E-state index in [1.54, 1.807) is 30.7 Å². The molecular formula is C9H12N3OP. The summed E-state index contributed by atoms with van der Waals surface area (Å²) >= 11 is 0. The van der Waals surface area contributed by atoms with Crippen LogP contribution < -0.4 is 11.1 Å². The zero-order valence-electron chi connectivity index (χ0n) is 7.60. The predicted octanol–water partition coefficient (Wildman–Crippen LogP) is 0.330. The first kappa shape index (κ1) is 10.7. The van der Waals surface area contributed by atoms with E-state index in [2.05, 4.69) is 19.5 Å². The van der Waals surface area contributed by atoms with Crippen molar-refractivity contribution in [3.8, 4) is 0 Å². The van der Waals surface area contributed by atoms with E-state index < -0.39 is 0 Å². The van der Waals surface area contributed by atoms with E-state index in [0.29, 0.717) is 5.70 Å². The van der Waals surface area contributed by atoms with E-state index in [9.17, 15) is 4.79 Å². The van der Waals surface area contributed by atoms with Gasteiger partial charge in [0.1, 0.15) is 0 Å². The Kier molecular flexibility index (Phi) is 4.08. The van der Waals surface area contributed by atoms with Crippen LogP contribution in [0.3, 0.4) is 0 Å². The maximum absolute atomic E-state index is 10.6. The van der Waals surface area contributed by atoms with Crippen LogP contribution in [-0.4, -0.2) is 17.1 Å². The molecule has 1 aromatic rings. The topological polar surface area (TPSA) is 68.0 Å². The molecule has 0 aliphatic heterocycles. The van der Waals surface area contributed by atoms with Crippen molar-refractivity contribution < 1.29 is 4.79 Å². The predicted molar refractivity (Wildman–Crippen MR) is 59.1 cm³/mol. The van der Waals surface area contributed by atoms with Crippen LogP contribution in [-0.2, 0) is 4.79 Å². The molecule has 0 radical (unpaired) electrons. The van der Waals surface area contributed by atoms with Gasteiger partial charge < -0.3 is 11.1 Å². The highest BCUT2D eigenvalue weighted by atomic mass is 31.0. The fourth-order valence-corrected chi connectivity index (χ4v) is 1.01. The smallest absolute Gasteiger partial charge is 0.167 e. The lowest BCUT2D eigenvalue weighted by atomic mass is 10.2. The first-order chi connectivity index (χ1) is 6.70. The zero-order chi connectivity index (χ0) is 10.4. The summed E-state index contributed by atoms with van der Waals surface area (Å²) in [4.78, 5) is 14.5. The number of carbonyl (C=O) groups is 1. The lowest BCUT2D eigenvalue weighted by Crippen LogP contribution is -2.14. The number of aromatic nitrogens is 1. The average Bonchev–Trinajstić information content (AvgIpc) is 2.18. The number of nitrogens with two attached hydrogens (primary N) is 1. The van der Waals surface area contributed by atoms with Crippen LogP contribution in [0.25, 0.3) is 5.70 Å². The summed E-state index contributed by atoms with van der Waals surface area (Å²) in [5.74, 6) is 0. The second-order valence-corrected chi connectivity index (χ2v) is 3.33. The van der Waals surface area contributed by atoms with Crippen LogP contribution in [0.15, 0.2) is 30.7 Å². The minimum absolute atomic E-state index is 0.0104. The van der Waals surface area contributed by atoms with Crippen LogP contribution in [0.5, 0.6) is 0 Å². The van der Waals surface area contributed by atoms with Crippen molar-refractivity contribution >= 4 is 20.5 Å². The Morgan fingerprint density at radius 3 is 2.79 bits per heavy atom. The van der Waals surface area contributed by atoms with Gasteiger partial charge in [0.15, 0.2) is 5.52 Å². The van der Waals surface area contributed by atoms with Gasteiger partial charge in [-0.3, -0.25) is 9.78 Å². The molecule has 0 aromatic carbocycles. The lowest BCUT2D eigenvalue weighted by molar-refractivity contribution is -0.110. The number of nitrogens with one attached hydrogen (secondary N) is 1. The minimum Gasteiger partial charge on any atom is -0.397 e. The fourth-order valence-electron chi connectivity index (χ4n) is 0.889. The van der Waals surface area contributed by atoms with Gasteiger partial charge in [0.2, 0.25) is 0 Å². The molecule has 0 aliphatic carbocycles. The molecule has 1 heterocycles. The van der Waals surface area contributed by atoms with Crippen molar-refractivity contribution in [2.45, 2.75) is 0 Å². The van der Waals surface area contributed by atoms with Gasteiger partial charge in [-0.1, -0.05) is 9.24 Å². The summed E-state index contributed by atoms with van der Waals surface area (Å²) < 4.78 is 0. The number of hydrogen-bond donors (Lipinski definition) is 2. The van der Waals surface area contributed by atoms with E-state index in [1.165, 1.54) is 0 Å². The summed E-state index contributed by atoms with van der Waals surface area (Å²) in [6.45, 7) is 0.260. The van der Waals surface area contributed by atoms with E-state index in [1.807, 2.05) is 0 Å². The van der Waals surface area contributed by atoms with Gasteiger partial charge in [0, 0.05) is 24.2 Å². The van der Waals surface area contributed by atoms with Gasteiger partial charge in [-0.25, -0.2) is 0 Å². The Balaban J connectivity index is 2.57. The Hall–Kier alpha value is -1.41. The SMILES string of the molecule is N/C(=C\NCC(=O)P)c1ccncc1. The summed E-state index contributed by atoms with van der Waals surface area (Å²) in [6.07, 6.45) is 4.94. The summed E-state index contributed by atoms with van der Waals surface area (Å²) in [7, 11) is 2.09. The molecule has 14 heavy (non-hydrogen) atoms. The van der Waals surface area contributed by atoms with Crippen molar-refractivity contribution in [2.24, 2.45) is 5.73 Å². The van der Waals surface area contributed by atoms with Crippen molar-refractivity contribution in [3.05, 3.63) is 36.3 Å². The Labute approximate surface area is 84.8 Å². The second kappa shape index (κ2) is 5.35. The van der Waals surface area contributed by atoms with Crippen molar-refractivity contribution in [1.82, 2.24) is 10.3 Å². The maximum atomic E-state index is 10.6. The molecule has 74 valence electrons. The molecule has 5 heteroatoms. The van der Waals surface area contributed by atoms with E-state index in [-0.39, 0.29) is 12.1 Å². The third-order valence-corrected chi connectivity index (χ3v) is 1.75. The average molecular weight is 209 g/mol. The van der Waals surface area contributed by atoms with Crippen LogP contribution >= 0.6 is 9.24 Å². The van der Waals surface area contributed by atoms with Crippen molar-refractivity contribution in [3.63, 3.8) is 0 Å². The molecule has 0 saturated carbocycles. The highest BCUT2D eigenvalue weighted by Crippen LogP contribution is 2.04. The number of rotatable bonds is 4. The van der Waals surface area contributed by atoms with Crippen LogP contribution in [0.4, 0.5) is 0 Å². The molecule has 3 N–H and O–H groups in total. The molecule has 0 bridgehead atoms. The largest absolute Gasteiger partial charge is 0.397 e. The molecule has 1 atom stereocenters. The summed E-state index contributed by atoms with van der Waals surface area (Å²) in [6, 6.07) is 3.60. The highest BCUT2D eigenvalue weighted by molar-refractivity contribution is 7.40. The van der Waals surface area contributed by atoms with Crippen LogP contribution in [0.2, 0.25) is 0 Å². The first-order valence-electron chi connectivity index (χ1n) is 4.08. The molecule has 0 fully saturated rings. The Morgan fingerprint density at radius 2 is 2.21 bits per heavy atom. The minimum atomic E-state index is -0.0104. The van der Waals surface area contributed by atoms with E-state index in [0.717, 1.165) is 5.56 Å². The number of pyridine rings is 1. The van der Waals surface area contributed by atoms with Crippen molar-refractivity contribution in [2.75, 3.05) is 6.54 Å². The van der Waals surface area contributed by atoms with Gasteiger partial charge >= 0.3 is 0 Å². The Morgan fingerprint density at radius 1 is 1.57 bits per heavy atom.